The molecule has 1 aliphatic rings. The number of fused-ring (bicyclic) bond motifs is 1. The average molecular weight is 512 g/mol. The second kappa shape index (κ2) is 9.91. The number of aliphatic imine (C=N–C) groups is 1. The maximum absolute atomic E-state index is 12.9. The van der Waals surface area contributed by atoms with Crippen molar-refractivity contribution in [2.75, 3.05) is 18.9 Å². The highest BCUT2D eigenvalue weighted by Crippen LogP contribution is 2.39. The molecule has 1 unspecified atom stereocenters. The molecule has 0 bridgehead atoms. The van der Waals surface area contributed by atoms with Gasteiger partial charge in [-0.25, -0.2) is 4.39 Å². The molecule has 6 nitrogen and oxygen atoms in total. The predicted octanol–water partition coefficient (Wildman–Crippen LogP) is 3.85. The summed E-state index contributed by atoms with van der Waals surface area (Å²) in [6.45, 7) is 4.12. The van der Waals surface area contributed by atoms with Crippen molar-refractivity contribution < 1.29 is 13.9 Å². The van der Waals surface area contributed by atoms with Gasteiger partial charge in [0.05, 0.1) is 12.6 Å². The van der Waals surface area contributed by atoms with Crippen molar-refractivity contribution in [3.8, 4) is 5.75 Å². The third kappa shape index (κ3) is 6.31. The summed E-state index contributed by atoms with van der Waals surface area (Å²) in [7, 11) is 1.66. The average Bonchev–Trinajstić information content (AvgIpc) is 2.66. The molecule has 1 heterocycles. The lowest BCUT2D eigenvalue weighted by Crippen LogP contribution is -2.46. The van der Waals surface area contributed by atoms with Crippen LogP contribution in [0.2, 0.25) is 0 Å². The fourth-order valence-corrected chi connectivity index (χ4v) is 3.19. The Kier molecular flexibility index (Phi) is 7.83. The van der Waals surface area contributed by atoms with Crippen molar-refractivity contribution in [1.82, 2.24) is 10.6 Å². The summed E-state index contributed by atoms with van der Waals surface area (Å²) in [5, 5.41) is 9.10. The topological polar surface area (TPSA) is 74.8 Å². The Hall–Kier alpha value is -2.36. The number of amides is 1. The normalized spacial score (nSPS) is 17.2. The molecule has 0 saturated carbocycles. The molecule has 3 N–H and O–H groups in total. The molecular formula is C21H26FIN4O2. The second-order valence-electron chi connectivity index (χ2n) is 7.28. The maximum atomic E-state index is 12.9. The largest absolute Gasteiger partial charge is 0.487 e. The van der Waals surface area contributed by atoms with Crippen molar-refractivity contribution in [2.45, 2.75) is 31.9 Å². The van der Waals surface area contributed by atoms with E-state index in [9.17, 15) is 9.18 Å². The Morgan fingerprint density at radius 2 is 1.90 bits per heavy atom. The minimum Gasteiger partial charge on any atom is -0.487 e. The van der Waals surface area contributed by atoms with Gasteiger partial charge in [0.2, 0.25) is 5.91 Å². The van der Waals surface area contributed by atoms with Crippen LogP contribution in [-0.4, -0.2) is 31.1 Å². The molecule has 0 spiro atoms. The van der Waals surface area contributed by atoms with E-state index in [0.29, 0.717) is 11.6 Å². The number of halogens is 2. The Morgan fingerprint density at radius 1 is 1.21 bits per heavy atom. The molecule has 3 rings (SSSR count). The van der Waals surface area contributed by atoms with Crippen molar-refractivity contribution in [1.29, 1.82) is 0 Å². The highest BCUT2D eigenvalue weighted by Gasteiger charge is 2.33. The summed E-state index contributed by atoms with van der Waals surface area (Å²) in [6, 6.07) is 13.5. The van der Waals surface area contributed by atoms with Gasteiger partial charge in [-0.2, -0.15) is 0 Å². The summed E-state index contributed by atoms with van der Waals surface area (Å²) in [6.07, 6.45) is 0.756. The first kappa shape index (κ1) is 22.9. The Morgan fingerprint density at radius 3 is 2.59 bits per heavy atom. The van der Waals surface area contributed by atoms with Gasteiger partial charge in [-0.05, 0) is 44.2 Å². The fraction of sp³-hybridized carbons (Fsp3) is 0.333. The first-order valence-electron chi connectivity index (χ1n) is 9.17. The molecule has 0 radical (unpaired) electrons. The molecule has 8 heteroatoms. The minimum absolute atomic E-state index is 0. The van der Waals surface area contributed by atoms with Crippen molar-refractivity contribution in [3.05, 3.63) is 59.9 Å². The number of anilines is 1. The van der Waals surface area contributed by atoms with E-state index in [2.05, 4.69) is 20.9 Å². The number of carbonyl (C=O) groups excluding carboxylic acids is 1. The Balaban J connectivity index is 0.00000300. The van der Waals surface area contributed by atoms with E-state index in [1.54, 1.807) is 7.05 Å². The molecule has 1 atom stereocenters. The van der Waals surface area contributed by atoms with Gasteiger partial charge in [-0.15, -0.1) is 24.0 Å². The second-order valence-corrected chi connectivity index (χ2v) is 7.28. The summed E-state index contributed by atoms with van der Waals surface area (Å²) < 4.78 is 19.0. The van der Waals surface area contributed by atoms with Crippen LogP contribution in [0.3, 0.4) is 0 Å². The highest BCUT2D eigenvalue weighted by atomic mass is 127. The zero-order valence-electron chi connectivity index (χ0n) is 16.7. The Labute approximate surface area is 187 Å². The molecule has 0 fully saturated rings. The third-order valence-electron chi connectivity index (χ3n) is 4.46. The summed E-state index contributed by atoms with van der Waals surface area (Å²) >= 11 is 0. The van der Waals surface area contributed by atoms with E-state index < -0.39 is 0 Å². The lowest BCUT2D eigenvalue weighted by molar-refractivity contribution is -0.115. The molecule has 0 saturated heterocycles. The van der Waals surface area contributed by atoms with Gasteiger partial charge in [0.15, 0.2) is 5.96 Å². The summed E-state index contributed by atoms with van der Waals surface area (Å²) in [4.78, 5) is 16.4. The fourth-order valence-electron chi connectivity index (χ4n) is 3.19. The monoisotopic (exact) mass is 512 g/mol. The summed E-state index contributed by atoms with van der Waals surface area (Å²) in [5.41, 5.74) is 1.28. The van der Waals surface area contributed by atoms with E-state index in [4.69, 9.17) is 4.74 Å². The molecule has 0 aliphatic carbocycles. The highest BCUT2D eigenvalue weighted by molar-refractivity contribution is 14.0. The van der Waals surface area contributed by atoms with Crippen LogP contribution >= 0.6 is 24.0 Å². The van der Waals surface area contributed by atoms with Crippen LogP contribution in [-0.2, 0) is 4.79 Å². The van der Waals surface area contributed by atoms with E-state index in [1.165, 1.54) is 24.3 Å². The van der Waals surface area contributed by atoms with E-state index >= 15 is 0 Å². The van der Waals surface area contributed by atoms with E-state index in [-0.39, 0.29) is 53.9 Å². The summed E-state index contributed by atoms with van der Waals surface area (Å²) in [5.74, 6) is 0.773. The lowest BCUT2D eigenvalue weighted by atomic mass is 9.90. The minimum atomic E-state index is -0.347. The smallest absolute Gasteiger partial charge is 0.243 e. The molecule has 0 aromatic heterocycles. The number of hydrogen-bond donors (Lipinski definition) is 3. The van der Waals surface area contributed by atoms with E-state index in [1.807, 2.05) is 38.1 Å². The Bertz CT molecular complexity index is 871. The van der Waals surface area contributed by atoms with Gasteiger partial charge >= 0.3 is 0 Å². The van der Waals surface area contributed by atoms with Gasteiger partial charge in [0.25, 0.3) is 0 Å². The quantitative estimate of drug-likeness (QED) is 0.331. The number of hydrogen-bond acceptors (Lipinski definition) is 3. The van der Waals surface area contributed by atoms with Crippen LogP contribution in [0, 0.1) is 5.82 Å². The lowest BCUT2D eigenvalue weighted by Gasteiger charge is -2.38. The van der Waals surface area contributed by atoms with Gasteiger partial charge in [0.1, 0.15) is 17.2 Å². The number of para-hydroxylation sites is 1. The number of carbonyl (C=O) groups is 1. The molecule has 1 amide bonds. The SMILES string of the molecule is CN=C(NCC(=O)Nc1ccc(F)cc1)NC1CC(C)(C)Oc2ccccc21.I. The standard InChI is InChI=1S/C21H25FN4O2.HI/c1-21(2)12-17(16-6-4-5-7-18(16)28-21)26-20(23-3)24-13-19(27)25-15-10-8-14(22)9-11-15;/h4-11,17H,12-13H2,1-3H3,(H,25,27)(H2,23,24,26);1H. The van der Waals surface area contributed by atoms with Gasteiger partial charge in [0, 0.05) is 24.7 Å². The molecule has 2 aromatic rings. The maximum Gasteiger partial charge on any atom is 0.243 e. The van der Waals surface area contributed by atoms with Crippen LogP contribution in [0.4, 0.5) is 10.1 Å². The number of rotatable bonds is 4. The van der Waals surface area contributed by atoms with Crippen molar-refractivity contribution >= 4 is 41.5 Å². The molecule has 29 heavy (non-hydrogen) atoms. The van der Waals surface area contributed by atoms with Gasteiger partial charge in [-0.1, -0.05) is 18.2 Å². The number of guanidine groups is 1. The van der Waals surface area contributed by atoms with Crippen LogP contribution in [0.25, 0.3) is 0 Å². The molecule has 1 aliphatic heterocycles. The van der Waals surface area contributed by atoms with Crippen LogP contribution in [0.15, 0.2) is 53.5 Å². The van der Waals surface area contributed by atoms with Crippen LogP contribution < -0.4 is 20.7 Å². The molecule has 2 aromatic carbocycles. The number of nitrogens with one attached hydrogen (secondary N) is 3. The molecular weight excluding hydrogens is 486 g/mol. The van der Waals surface area contributed by atoms with Gasteiger partial charge < -0.3 is 20.7 Å². The predicted molar refractivity (Wildman–Crippen MR) is 123 cm³/mol. The van der Waals surface area contributed by atoms with Crippen molar-refractivity contribution in [2.24, 2.45) is 4.99 Å². The number of benzene rings is 2. The van der Waals surface area contributed by atoms with Crippen molar-refractivity contribution in [3.63, 3.8) is 0 Å². The first-order chi connectivity index (χ1) is 13.4. The number of ether oxygens (including phenoxy) is 1. The number of nitrogens with zero attached hydrogens (tertiary/aromatic N) is 1. The third-order valence-corrected chi connectivity index (χ3v) is 4.46. The first-order valence-corrected chi connectivity index (χ1v) is 9.17. The molecule has 156 valence electrons. The van der Waals surface area contributed by atoms with Crippen LogP contribution in [0.5, 0.6) is 5.75 Å². The van der Waals surface area contributed by atoms with E-state index in [0.717, 1.165) is 17.7 Å². The van der Waals surface area contributed by atoms with Gasteiger partial charge in [-0.3, -0.25) is 9.79 Å². The zero-order chi connectivity index (χ0) is 20.1. The zero-order valence-corrected chi connectivity index (χ0v) is 19.0. The van der Waals surface area contributed by atoms with Crippen LogP contribution in [0.1, 0.15) is 31.9 Å².